The Morgan fingerprint density at radius 2 is 0.687 bits per heavy atom. The molecule has 0 fully saturated rings. The number of esters is 1. The van der Waals surface area contributed by atoms with Crippen molar-refractivity contribution in [2.24, 2.45) is 0 Å². The largest absolute Gasteiger partial charge is 0.505 e. The number of carbonyl (C=O) groups is 1. The van der Waals surface area contributed by atoms with Gasteiger partial charge in [0, 0.05) is 23.5 Å². The molecule has 34 heteroatoms. The highest BCUT2D eigenvalue weighted by molar-refractivity contribution is 9.08. The molecule has 0 aliphatic heterocycles. The number of hydrogen-bond donors (Lipinski definition) is 4. The lowest BCUT2D eigenvalue weighted by Gasteiger charge is -2.12. The summed E-state index contributed by atoms with van der Waals surface area (Å²) in [6.45, 7) is 15.7. The van der Waals surface area contributed by atoms with Crippen molar-refractivity contribution in [2.45, 2.75) is 104 Å². The number of aromatic nitrogens is 8. The van der Waals surface area contributed by atoms with Crippen LogP contribution in [0.2, 0.25) is 76.0 Å². The van der Waals surface area contributed by atoms with Crippen molar-refractivity contribution in [1.82, 2.24) is 40.8 Å². The summed E-state index contributed by atoms with van der Waals surface area (Å²) in [5, 5.41) is 80.2. The van der Waals surface area contributed by atoms with Crippen molar-refractivity contribution in [3.8, 4) is 52.5 Å². The number of hydrogen-bond acceptors (Lipinski definition) is 18. The second-order valence-corrected chi connectivity index (χ2v) is 27.7. The number of nitrogens with zero attached hydrogens (tertiary/aromatic N) is 9. The minimum atomic E-state index is -0.552. The maximum Gasteiger partial charge on any atom is 0.337 e. The standard InChI is InChI=1S/C15H12Cl3N3O.C14H12BrCl3N2O.C14H13Cl3N2O2.C8H6Cl2O3.C7H8Cl2N2.C7H6Cl2O2/c1-8(2)10-7-13(20-21-15(10)18)22-14-11(16)5-9(3-4-19)6-12(14)17;1-7(2)9-5-12(19-20-14(9)18)21-13-10(16)3-8(6-15)4-11(13)17;1-7(2)9-5-12(18-19-14(9)17)21-13-10(15)3-8(6-20)4-11(13)16;1-13-8(12)4-2-5(9)7(11)6(10)3-4;1-4(2)5-3-6(8)10-11-7(5)9;8-5-1-4(3-10)2-6(9)7(5)11/h5-8H,3H2,1-2H3;3-5,7H,6H2,1-2H3;3-5,7,20H,6H2,1-2H3;2-3,11H,1H3;3-4H,1-2H3;1-2,10-11H,3H2. The molecule has 0 amide bonds. The van der Waals surface area contributed by atoms with Crippen LogP contribution in [0.3, 0.4) is 0 Å². The number of benzene rings is 5. The van der Waals surface area contributed by atoms with Crippen molar-refractivity contribution in [3.63, 3.8) is 0 Å². The zero-order chi connectivity index (χ0) is 74.3. The molecule has 9 rings (SSSR count). The maximum absolute atomic E-state index is 11.0. The van der Waals surface area contributed by atoms with E-state index in [0.29, 0.717) is 79.9 Å². The van der Waals surface area contributed by atoms with Crippen molar-refractivity contribution in [2.75, 3.05) is 7.11 Å². The van der Waals surface area contributed by atoms with Crippen molar-refractivity contribution >= 4 is 196 Å². The molecular formula is C65H57BrCl15N9O9. The van der Waals surface area contributed by atoms with Gasteiger partial charge < -0.3 is 39.4 Å². The van der Waals surface area contributed by atoms with Crippen LogP contribution >= 0.6 is 190 Å². The minimum Gasteiger partial charge on any atom is -0.505 e. The van der Waals surface area contributed by atoms with E-state index in [1.54, 1.807) is 60.7 Å². The number of aliphatic hydroxyl groups excluding tert-OH is 2. The van der Waals surface area contributed by atoms with Gasteiger partial charge in [-0.1, -0.05) is 245 Å². The van der Waals surface area contributed by atoms with Crippen LogP contribution in [0.4, 0.5) is 0 Å². The number of methoxy groups -OCH3 is 1. The van der Waals surface area contributed by atoms with E-state index in [1.807, 2.05) is 61.5 Å². The van der Waals surface area contributed by atoms with E-state index in [-0.39, 0.29) is 108 Å². The molecule has 9 aromatic rings. The molecule has 528 valence electrons. The Labute approximate surface area is 654 Å². The number of carbonyl (C=O) groups excluding carboxylic acids is 1. The van der Waals surface area contributed by atoms with Crippen LogP contribution in [0.5, 0.6) is 46.4 Å². The van der Waals surface area contributed by atoms with Crippen LogP contribution in [0.25, 0.3) is 0 Å². The molecule has 5 aromatic carbocycles. The molecule has 0 saturated carbocycles. The fraction of sp³-hybridized carbons (Fsp3) is 0.262. The Bertz CT molecular complexity index is 4080. The Hall–Kier alpha value is -4.87. The molecule has 0 aliphatic carbocycles. The van der Waals surface area contributed by atoms with Crippen LogP contribution < -0.4 is 14.2 Å². The smallest absolute Gasteiger partial charge is 0.337 e. The normalized spacial score (nSPS) is 10.6. The zero-order valence-corrected chi connectivity index (χ0v) is 66.0. The Morgan fingerprint density at radius 3 is 0.960 bits per heavy atom. The quantitative estimate of drug-likeness (QED) is 0.0549. The summed E-state index contributed by atoms with van der Waals surface area (Å²) in [4.78, 5) is 11.0. The monoisotopic (exact) mass is 1710 g/mol. The molecule has 0 bridgehead atoms. The third kappa shape index (κ3) is 26.7. The second-order valence-electron chi connectivity index (χ2n) is 21.3. The van der Waals surface area contributed by atoms with Crippen molar-refractivity contribution in [1.29, 1.82) is 5.26 Å². The Kier molecular flexibility index (Phi) is 36.7. The van der Waals surface area contributed by atoms with Crippen LogP contribution in [0.1, 0.15) is 134 Å². The SMILES string of the molecule is CC(C)c1cc(Cl)nnc1Cl.CC(C)c1cc(Oc2c(Cl)cc(CBr)cc2Cl)nnc1Cl.CC(C)c1cc(Oc2c(Cl)cc(CC#N)cc2Cl)nnc1Cl.CC(C)c1cc(Oc2c(Cl)cc(CO)cc2Cl)nnc1Cl.COC(=O)c1cc(Cl)c(O)c(Cl)c1.OCc1cc(Cl)c(O)c(Cl)c1. The molecule has 4 heterocycles. The molecule has 4 N–H and O–H groups in total. The van der Waals surface area contributed by atoms with Gasteiger partial charge in [-0.05, 0) is 135 Å². The molecule has 0 radical (unpaired) electrons. The first kappa shape index (κ1) is 86.5. The highest BCUT2D eigenvalue weighted by Gasteiger charge is 2.20. The molecule has 4 aromatic heterocycles. The van der Waals surface area contributed by atoms with Gasteiger partial charge in [0.05, 0.1) is 88.6 Å². The number of phenols is 2. The summed E-state index contributed by atoms with van der Waals surface area (Å²) in [7, 11) is 1.25. The summed E-state index contributed by atoms with van der Waals surface area (Å²) >= 11 is 91.9. The summed E-state index contributed by atoms with van der Waals surface area (Å²) in [5.74, 6) is 1.66. The second kappa shape index (κ2) is 42.0. The lowest BCUT2D eigenvalue weighted by Crippen LogP contribution is -2.00. The summed E-state index contributed by atoms with van der Waals surface area (Å²) in [5.41, 5.74) is 6.49. The van der Waals surface area contributed by atoms with Crippen molar-refractivity contribution in [3.05, 3.63) is 211 Å². The minimum absolute atomic E-state index is 0.0212. The van der Waals surface area contributed by atoms with Crippen LogP contribution in [-0.2, 0) is 29.7 Å². The summed E-state index contributed by atoms with van der Waals surface area (Å²) in [6, 6.07) is 24.4. The third-order valence-corrected chi connectivity index (χ3v) is 17.5. The molecule has 0 atom stereocenters. The number of halogens is 16. The molecule has 0 unspecified atom stereocenters. The average Bonchev–Trinajstić information content (AvgIpc) is 0.845. The first-order chi connectivity index (χ1) is 46.6. The molecule has 99 heavy (non-hydrogen) atoms. The number of alkyl halides is 1. The van der Waals surface area contributed by atoms with E-state index in [2.05, 4.69) is 61.5 Å². The van der Waals surface area contributed by atoms with Crippen molar-refractivity contribution < 1.29 is 44.2 Å². The van der Waals surface area contributed by atoms with E-state index in [0.717, 1.165) is 33.4 Å². The summed E-state index contributed by atoms with van der Waals surface area (Å²) < 4.78 is 21.4. The van der Waals surface area contributed by atoms with E-state index in [1.165, 1.54) is 31.4 Å². The molecular weight excluding hydrogens is 1660 g/mol. The molecule has 0 aliphatic rings. The van der Waals surface area contributed by atoms with Gasteiger partial charge >= 0.3 is 5.97 Å². The van der Waals surface area contributed by atoms with E-state index >= 15 is 0 Å². The first-order valence-corrected chi connectivity index (χ1v) is 35.2. The number of nitriles is 1. The van der Waals surface area contributed by atoms with Gasteiger partial charge in [0.15, 0.2) is 54.5 Å². The van der Waals surface area contributed by atoms with Gasteiger partial charge in [0.1, 0.15) is 0 Å². The van der Waals surface area contributed by atoms with Gasteiger partial charge in [0.2, 0.25) is 17.6 Å². The topological polar surface area (TPSA) is 262 Å². The van der Waals surface area contributed by atoms with Crippen LogP contribution in [0, 0.1) is 11.3 Å². The Balaban J connectivity index is 0.000000258. The number of phenolic OH excluding ortho intramolecular Hbond substituents is 2. The van der Waals surface area contributed by atoms with E-state index in [9.17, 15) is 4.79 Å². The van der Waals surface area contributed by atoms with Gasteiger partial charge in [-0.3, -0.25) is 0 Å². The fourth-order valence-corrected chi connectivity index (χ4v) is 12.1. The lowest BCUT2D eigenvalue weighted by atomic mass is 10.1. The van der Waals surface area contributed by atoms with Gasteiger partial charge in [-0.2, -0.15) is 5.26 Å². The maximum atomic E-state index is 11.0. The highest BCUT2D eigenvalue weighted by atomic mass is 79.9. The third-order valence-electron chi connectivity index (χ3n) is 12.6. The fourth-order valence-electron chi connectivity index (χ4n) is 7.57. The first-order valence-electron chi connectivity index (χ1n) is 28.4. The molecule has 18 nitrogen and oxygen atoms in total. The molecule has 0 spiro atoms. The average molecular weight is 1720 g/mol. The number of rotatable bonds is 15. The Morgan fingerprint density at radius 1 is 0.414 bits per heavy atom. The molecule has 0 saturated heterocycles. The predicted octanol–water partition coefficient (Wildman–Crippen LogP) is 24.1. The van der Waals surface area contributed by atoms with Crippen LogP contribution in [0.15, 0.2) is 84.9 Å². The lowest BCUT2D eigenvalue weighted by molar-refractivity contribution is 0.0600. The highest BCUT2D eigenvalue weighted by Crippen LogP contribution is 2.42. The van der Waals surface area contributed by atoms with Crippen LogP contribution in [-0.4, -0.2) is 74.3 Å². The van der Waals surface area contributed by atoms with Gasteiger partial charge in [-0.25, -0.2) is 4.79 Å². The van der Waals surface area contributed by atoms with E-state index in [4.69, 9.17) is 214 Å². The predicted molar refractivity (Wildman–Crippen MR) is 401 cm³/mol. The van der Waals surface area contributed by atoms with Gasteiger partial charge in [-0.15, -0.1) is 40.8 Å². The van der Waals surface area contributed by atoms with E-state index < -0.39 is 5.97 Å². The number of aliphatic hydroxyl groups is 2. The zero-order valence-electron chi connectivity index (χ0n) is 53.1. The number of ether oxygens (including phenoxy) is 4. The summed E-state index contributed by atoms with van der Waals surface area (Å²) in [6.07, 6.45) is 0.220. The number of aromatic hydroxyl groups is 2. The van der Waals surface area contributed by atoms with Gasteiger partial charge in [0.25, 0.3) is 0 Å².